The number of rotatable bonds is 0. The zero-order valence-electron chi connectivity index (χ0n) is 8.22. The van der Waals surface area contributed by atoms with Gasteiger partial charge in [-0.3, -0.25) is 0 Å². The lowest BCUT2D eigenvalue weighted by atomic mass is 10.6. The summed E-state index contributed by atoms with van der Waals surface area (Å²) in [6.45, 7) is 8.50. The maximum absolute atomic E-state index is 2.86. The Labute approximate surface area is 70.8 Å². The van der Waals surface area contributed by atoms with Crippen LogP contribution in [-0.4, -0.2) is 4.98 Å². The molecule has 1 N–H and O–H groups in total. The minimum atomic E-state index is 1.25. The predicted molar refractivity (Wildman–Crippen MR) is 52.7 cm³/mol. The van der Waals surface area contributed by atoms with Gasteiger partial charge in [-0.15, -0.1) is 0 Å². The number of aromatic amines is 1. The van der Waals surface area contributed by atoms with Crippen LogP contribution in [0.5, 0.6) is 0 Å². The van der Waals surface area contributed by atoms with Crippen molar-refractivity contribution in [3.63, 3.8) is 0 Å². The average molecular weight is 155 g/mol. The molecule has 0 bridgehead atoms. The highest BCUT2D eigenvalue weighted by molar-refractivity contribution is 4.84. The van der Waals surface area contributed by atoms with Gasteiger partial charge in [-0.2, -0.15) is 0 Å². The van der Waals surface area contributed by atoms with Gasteiger partial charge in [-0.05, 0) is 12.1 Å². The summed E-state index contributed by atoms with van der Waals surface area (Å²) in [6.07, 6.45) is 6.25. The van der Waals surface area contributed by atoms with E-state index in [1.165, 1.54) is 12.8 Å². The second-order valence-corrected chi connectivity index (χ2v) is 2.30. The topological polar surface area (TPSA) is 15.8 Å². The second kappa shape index (κ2) is 16.1. The molecule has 1 nitrogen and oxygen atoms in total. The molecule has 0 aliphatic heterocycles. The number of aromatic nitrogens is 1. The van der Waals surface area contributed by atoms with Gasteiger partial charge in [0.05, 0.1) is 0 Å². The summed E-state index contributed by atoms with van der Waals surface area (Å²) in [6, 6.07) is 3.89. The van der Waals surface area contributed by atoms with Gasteiger partial charge in [0, 0.05) is 12.4 Å². The van der Waals surface area contributed by atoms with E-state index in [0.717, 1.165) is 0 Å². The molecule has 0 radical (unpaired) electrons. The molecule has 0 saturated heterocycles. The maximum Gasteiger partial charge on any atom is 0.000496 e. The molecule has 0 spiro atoms. The van der Waals surface area contributed by atoms with E-state index in [1.807, 2.05) is 24.5 Å². The largest absolute Gasteiger partial charge is 0.368 e. The first kappa shape index (κ1) is 12.9. The van der Waals surface area contributed by atoms with Crippen molar-refractivity contribution in [1.29, 1.82) is 0 Å². The van der Waals surface area contributed by atoms with Crippen molar-refractivity contribution in [2.24, 2.45) is 0 Å². The Morgan fingerprint density at radius 2 is 1.09 bits per heavy atom. The van der Waals surface area contributed by atoms with Crippen LogP contribution in [0.2, 0.25) is 0 Å². The van der Waals surface area contributed by atoms with Crippen LogP contribution in [0.1, 0.15) is 40.5 Å². The van der Waals surface area contributed by atoms with Gasteiger partial charge in [0.25, 0.3) is 0 Å². The van der Waals surface area contributed by atoms with Crippen LogP contribution in [-0.2, 0) is 0 Å². The smallest absolute Gasteiger partial charge is 0.000496 e. The Bertz CT molecular complexity index is 80.4. The van der Waals surface area contributed by atoms with E-state index in [1.54, 1.807) is 0 Å². The Morgan fingerprint density at radius 3 is 1.18 bits per heavy atom. The van der Waals surface area contributed by atoms with Crippen molar-refractivity contribution >= 4 is 0 Å². The van der Waals surface area contributed by atoms with Gasteiger partial charge < -0.3 is 4.98 Å². The summed E-state index contributed by atoms with van der Waals surface area (Å²) in [5.74, 6) is 0. The summed E-state index contributed by atoms with van der Waals surface area (Å²) in [7, 11) is 0. The van der Waals surface area contributed by atoms with Crippen LogP contribution < -0.4 is 0 Å². The molecule has 1 aromatic heterocycles. The van der Waals surface area contributed by atoms with Gasteiger partial charge in [0.15, 0.2) is 0 Å². The molecule has 0 fully saturated rings. The Balaban J connectivity index is 0. The van der Waals surface area contributed by atoms with Crippen LogP contribution >= 0.6 is 0 Å². The summed E-state index contributed by atoms with van der Waals surface area (Å²) in [5, 5.41) is 0. The van der Waals surface area contributed by atoms with Crippen LogP contribution in [0.25, 0.3) is 0 Å². The molecule has 0 atom stereocenters. The summed E-state index contributed by atoms with van der Waals surface area (Å²) >= 11 is 0. The van der Waals surface area contributed by atoms with Crippen molar-refractivity contribution in [2.45, 2.75) is 40.5 Å². The van der Waals surface area contributed by atoms with Crippen molar-refractivity contribution in [1.82, 2.24) is 4.98 Å². The highest BCUT2D eigenvalue weighted by Crippen LogP contribution is 1.72. The molecule has 0 saturated carbocycles. The molecule has 1 heterocycles. The van der Waals surface area contributed by atoms with Crippen LogP contribution in [0.15, 0.2) is 24.5 Å². The Morgan fingerprint density at radius 1 is 0.818 bits per heavy atom. The third kappa shape index (κ3) is 26.8. The van der Waals surface area contributed by atoms with E-state index in [2.05, 4.69) is 32.7 Å². The molecule has 11 heavy (non-hydrogen) atoms. The number of H-pyrrole nitrogens is 1. The fourth-order valence-electron chi connectivity index (χ4n) is 0.278. The highest BCUT2D eigenvalue weighted by Gasteiger charge is 1.55. The number of nitrogens with one attached hydrogen (secondary N) is 1. The van der Waals surface area contributed by atoms with Crippen LogP contribution in [0, 0.1) is 0 Å². The molecule has 1 aromatic rings. The molecular formula is C10H21N. The quantitative estimate of drug-likeness (QED) is 0.585. The van der Waals surface area contributed by atoms with Crippen molar-refractivity contribution in [3.8, 4) is 0 Å². The monoisotopic (exact) mass is 155 g/mol. The second-order valence-electron chi connectivity index (χ2n) is 2.30. The average Bonchev–Trinajstić information content (AvgIpc) is 2.44. The lowest BCUT2D eigenvalue weighted by molar-refractivity contribution is 1.09. The molecule has 0 aliphatic carbocycles. The fraction of sp³-hybridized carbons (Fsp3) is 0.600. The first-order valence-electron chi connectivity index (χ1n) is 4.41. The highest BCUT2D eigenvalue weighted by atomic mass is 14.6. The van der Waals surface area contributed by atoms with Crippen LogP contribution in [0.3, 0.4) is 0 Å². The van der Waals surface area contributed by atoms with E-state index in [0.29, 0.717) is 0 Å². The SMILES string of the molecule is CCC.CCC.c1cc[nH]c1. The molecule has 0 aliphatic rings. The standard InChI is InChI=1S/C4H5N.2C3H8/c1-2-4-5-3-1;2*1-3-2/h1-5H;2*3H2,1-2H3. The summed E-state index contributed by atoms with van der Waals surface area (Å²) < 4.78 is 0. The molecule has 1 rings (SSSR count). The predicted octanol–water partition coefficient (Wildman–Crippen LogP) is 3.85. The zero-order chi connectivity index (χ0) is 8.95. The van der Waals surface area contributed by atoms with Gasteiger partial charge in [-0.1, -0.05) is 40.5 Å². The molecular weight excluding hydrogens is 134 g/mol. The van der Waals surface area contributed by atoms with Crippen molar-refractivity contribution < 1.29 is 0 Å². The lowest BCUT2D eigenvalue weighted by Crippen LogP contribution is -1.38. The minimum absolute atomic E-state index is 1.25. The Kier molecular flexibility index (Phi) is 18.9. The van der Waals surface area contributed by atoms with E-state index >= 15 is 0 Å². The summed E-state index contributed by atoms with van der Waals surface area (Å²) in [4.78, 5) is 2.86. The summed E-state index contributed by atoms with van der Waals surface area (Å²) in [5.41, 5.74) is 0. The third-order valence-electron chi connectivity index (χ3n) is 0.496. The lowest BCUT2D eigenvalue weighted by Gasteiger charge is -1.49. The van der Waals surface area contributed by atoms with E-state index < -0.39 is 0 Å². The molecule has 66 valence electrons. The molecule has 1 heteroatoms. The first-order chi connectivity index (χ1) is 5.33. The first-order valence-corrected chi connectivity index (χ1v) is 4.41. The normalized spacial score (nSPS) is 6.91. The van der Waals surface area contributed by atoms with E-state index in [-0.39, 0.29) is 0 Å². The Hall–Kier alpha value is -0.720. The van der Waals surface area contributed by atoms with Gasteiger partial charge in [-0.25, -0.2) is 0 Å². The van der Waals surface area contributed by atoms with Crippen molar-refractivity contribution in [3.05, 3.63) is 24.5 Å². The number of hydrogen-bond donors (Lipinski definition) is 1. The van der Waals surface area contributed by atoms with Crippen molar-refractivity contribution in [2.75, 3.05) is 0 Å². The van der Waals surface area contributed by atoms with E-state index in [4.69, 9.17) is 0 Å². The third-order valence-corrected chi connectivity index (χ3v) is 0.496. The zero-order valence-corrected chi connectivity index (χ0v) is 8.22. The molecule has 0 aromatic carbocycles. The van der Waals surface area contributed by atoms with E-state index in [9.17, 15) is 0 Å². The van der Waals surface area contributed by atoms with Gasteiger partial charge in [0.1, 0.15) is 0 Å². The van der Waals surface area contributed by atoms with Gasteiger partial charge in [0.2, 0.25) is 0 Å². The molecule has 0 amide bonds. The fourth-order valence-corrected chi connectivity index (χ4v) is 0.278. The van der Waals surface area contributed by atoms with Gasteiger partial charge >= 0.3 is 0 Å². The maximum atomic E-state index is 2.86. The minimum Gasteiger partial charge on any atom is -0.368 e. The molecule has 0 unspecified atom stereocenters. The number of hydrogen-bond acceptors (Lipinski definition) is 0. The van der Waals surface area contributed by atoms with Crippen LogP contribution in [0.4, 0.5) is 0 Å².